The summed E-state index contributed by atoms with van der Waals surface area (Å²) in [6, 6.07) is -0.0204. The number of nitrogens with zero attached hydrogens (tertiary/aromatic N) is 2. The van der Waals surface area contributed by atoms with E-state index >= 15 is 0 Å². The maximum Gasteiger partial charge on any atom is 0.0762 e. The van der Waals surface area contributed by atoms with Gasteiger partial charge in [-0.3, -0.25) is 9.97 Å². The summed E-state index contributed by atoms with van der Waals surface area (Å²) in [4.78, 5) is 8.18. The normalized spacial score (nSPS) is 14.0. The van der Waals surface area contributed by atoms with E-state index in [2.05, 4.69) is 30.7 Å². The molecule has 0 amide bonds. The van der Waals surface area contributed by atoms with E-state index < -0.39 is 0 Å². The summed E-state index contributed by atoms with van der Waals surface area (Å²) in [6.45, 7) is 6.54. The first-order valence-corrected chi connectivity index (χ1v) is 5.63. The second-order valence-electron chi connectivity index (χ2n) is 4.16. The smallest absolute Gasteiger partial charge is 0.0762 e. The van der Waals surface area contributed by atoms with Crippen molar-refractivity contribution >= 4 is 11.8 Å². The summed E-state index contributed by atoms with van der Waals surface area (Å²) >= 11 is 1.84. The van der Waals surface area contributed by atoms with Crippen molar-refractivity contribution < 1.29 is 0 Å². The van der Waals surface area contributed by atoms with Gasteiger partial charge in [0.1, 0.15) is 0 Å². The minimum Gasteiger partial charge on any atom is -0.322 e. The van der Waals surface area contributed by atoms with Crippen LogP contribution in [-0.2, 0) is 0 Å². The molecular weight excluding hydrogens is 194 g/mol. The van der Waals surface area contributed by atoms with E-state index in [-0.39, 0.29) is 10.8 Å². The van der Waals surface area contributed by atoms with Gasteiger partial charge in [0.25, 0.3) is 0 Å². The van der Waals surface area contributed by atoms with E-state index in [1.807, 2.05) is 11.8 Å². The lowest BCUT2D eigenvalue weighted by Crippen LogP contribution is -2.19. The first kappa shape index (κ1) is 11.5. The summed E-state index contributed by atoms with van der Waals surface area (Å²) < 4.78 is 0.250. The highest BCUT2D eigenvalue weighted by Gasteiger charge is 2.14. The van der Waals surface area contributed by atoms with Crippen LogP contribution in [0.3, 0.4) is 0 Å². The molecule has 1 atom stereocenters. The molecule has 0 saturated heterocycles. The molecule has 1 aromatic rings. The lowest BCUT2D eigenvalue weighted by atomic mass is 10.2. The predicted molar refractivity (Wildman–Crippen MR) is 61.2 cm³/mol. The van der Waals surface area contributed by atoms with Crippen LogP contribution in [0.15, 0.2) is 18.6 Å². The molecule has 0 aliphatic heterocycles. The first-order valence-electron chi connectivity index (χ1n) is 4.64. The maximum absolute atomic E-state index is 5.98. The van der Waals surface area contributed by atoms with E-state index in [0.717, 1.165) is 11.4 Å². The number of hydrogen-bond donors (Lipinski definition) is 1. The molecule has 0 aliphatic rings. The molecule has 3 nitrogen and oxygen atoms in total. The minimum absolute atomic E-state index is 0.0204. The quantitative estimate of drug-likeness (QED) is 0.831. The van der Waals surface area contributed by atoms with E-state index in [1.54, 1.807) is 18.6 Å². The molecule has 14 heavy (non-hydrogen) atoms. The zero-order valence-electron chi connectivity index (χ0n) is 8.90. The van der Waals surface area contributed by atoms with Crippen LogP contribution in [0.25, 0.3) is 0 Å². The van der Waals surface area contributed by atoms with E-state index in [9.17, 15) is 0 Å². The Morgan fingerprint density at radius 3 is 2.64 bits per heavy atom. The topological polar surface area (TPSA) is 51.8 Å². The van der Waals surface area contributed by atoms with Crippen molar-refractivity contribution in [1.82, 2.24) is 9.97 Å². The van der Waals surface area contributed by atoms with Crippen molar-refractivity contribution in [1.29, 1.82) is 0 Å². The van der Waals surface area contributed by atoms with Crippen LogP contribution in [0, 0.1) is 0 Å². The zero-order chi connectivity index (χ0) is 10.6. The molecule has 1 heterocycles. The fourth-order valence-electron chi connectivity index (χ4n) is 0.927. The molecule has 0 aromatic carbocycles. The molecule has 0 bridgehead atoms. The van der Waals surface area contributed by atoms with Crippen molar-refractivity contribution in [3.63, 3.8) is 0 Å². The third kappa shape index (κ3) is 4.07. The average molecular weight is 211 g/mol. The van der Waals surface area contributed by atoms with Gasteiger partial charge in [-0.25, -0.2) is 0 Å². The van der Waals surface area contributed by atoms with Crippen molar-refractivity contribution in [2.75, 3.05) is 5.75 Å². The van der Waals surface area contributed by atoms with Crippen LogP contribution < -0.4 is 5.73 Å². The van der Waals surface area contributed by atoms with Gasteiger partial charge >= 0.3 is 0 Å². The number of rotatable bonds is 3. The number of hydrogen-bond acceptors (Lipinski definition) is 4. The second kappa shape index (κ2) is 4.75. The number of thioether (sulfide) groups is 1. The fraction of sp³-hybridized carbons (Fsp3) is 0.600. The van der Waals surface area contributed by atoms with Gasteiger partial charge in [0.05, 0.1) is 11.7 Å². The largest absolute Gasteiger partial charge is 0.322 e. The Morgan fingerprint density at radius 1 is 1.43 bits per heavy atom. The molecule has 0 fully saturated rings. The molecule has 0 aliphatic carbocycles. The van der Waals surface area contributed by atoms with Gasteiger partial charge in [-0.1, -0.05) is 20.8 Å². The van der Waals surface area contributed by atoms with E-state index in [4.69, 9.17) is 5.73 Å². The molecule has 1 unspecified atom stereocenters. The zero-order valence-corrected chi connectivity index (χ0v) is 9.71. The summed E-state index contributed by atoms with van der Waals surface area (Å²) in [5.74, 6) is 0.877. The maximum atomic E-state index is 5.98. The van der Waals surface area contributed by atoms with E-state index in [0.29, 0.717) is 0 Å². The Hall–Kier alpha value is -0.610. The number of nitrogens with two attached hydrogens (primary N) is 1. The standard InChI is InChI=1S/C10H17N3S/c1-10(2,3)14-7-8(11)9-6-12-4-5-13-9/h4-6,8H,7,11H2,1-3H3. The molecule has 0 spiro atoms. The number of aromatic nitrogens is 2. The van der Waals surface area contributed by atoms with Gasteiger partial charge in [0.2, 0.25) is 0 Å². The minimum atomic E-state index is -0.0204. The Morgan fingerprint density at radius 2 is 2.14 bits per heavy atom. The lowest BCUT2D eigenvalue weighted by Gasteiger charge is -2.20. The molecule has 4 heteroatoms. The molecule has 78 valence electrons. The van der Waals surface area contributed by atoms with Gasteiger partial charge in [-0.05, 0) is 0 Å². The molecule has 0 radical (unpaired) electrons. The van der Waals surface area contributed by atoms with Gasteiger partial charge in [-0.15, -0.1) is 0 Å². The van der Waals surface area contributed by atoms with Gasteiger partial charge in [-0.2, -0.15) is 11.8 Å². The average Bonchev–Trinajstić information content (AvgIpc) is 2.14. The summed E-state index contributed by atoms with van der Waals surface area (Å²) in [5, 5.41) is 0. The SMILES string of the molecule is CC(C)(C)SCC(N)c1cnccn1. The van der Waals surface area contributed by atoms with Crippen LogP contribution in [-0.4, -0.2) is 20.5 Å². The van der Waals surface area contributed by atoms with Gasteiger partial charge < -0.3 is 5.73 Å². The van der Waals surface area contributed by atoms with Crippen molar-refractivity contribution in [3.8, 4) is 0 Å². The van der Waals surface area contributed by atoms with Crippen LogP contribution in [0.4, 0.5) is 0 Å². The van der Waals surface area contributed by atoms with Crippen molar-refractivity contribution in [2.24, 2.45) is 5.73 Å². The monoisotopic (exact) mass is 211 g/mol. The predicted octanol–water partition coefficient (Wildman–Crippen LogP) is 2.01. The molecule has 1 aromatic heterocycles. The summed E-state index contributed by atoms with van der Waals surface area (Å²) in [5.41, 5.74) is 6.84. The van der Waals surface area contributed by atoms with Crippen LogP contribution in [0.1, 0.15) is 32.5 Å². The third-order valence-corrected chi connectivity index (χ3v) is 3.05. The van der Waals surface area contributed by atoms with Crippen LogP contribution in [0.5, 0.6) is 0 Å². The van der Waals surface area contributed by atoms with Crippen molar-refractivity contribution in [3.05, 3.63) is 24.3 Å². The second-order valence-corrected chi connectivity index (χ2v) is 6.01. The summed E-state index contributed by atoms with van der Waals surface area (Å²) in [6.07, 6.45) is 5.07. The highest BCUT2D eigenvalue weighted by Crippen LogP contribution is 2.26. The molecular formula is C10H17N3S. The van der Waals surface area contributed by atoms with Gasteiger partial charge in [0.15, 0.2) is 0 Å². The Labute approximate surface area is 89.5 Å². The van der Waals surface area contributed by atoms with Gasteiger partial charge in [0, 0.05) is 29.1 Å². The Balaban J connectivity index is 2.48. The van der Waals surface area contributed by atoms with Crippen molar-refractivity contribution in [2.45, 2.75) is 31.6 Å². The Kier molecular flexibility index (Phi) is 3.89. The Bertz CT molecular complexity index is 268. The highest BCUT2D eigenvalue weighted by atomic mass is 32.2. The molecule has 0 saturated carbocycles. The fourth-order valence-corrected chi connectivity index (χ4v) is 1.78. The third-order valence-electron chi connectivity index (χ3n) is 1.66. The first-order chi connectivity index (χ1) is 6.49. The highest BCUT2D eigenvalue weighted by molar-refractivity contribution is 8.00. The molecule has 1 rings (SSSR count). The molecule has 2 N–H and O–H groups in total. The summed E-state index contributed by atoms with van der Waals surface area (Å²) in [7, 11) is 0. The van der Waals surface area contributed by atoms with E-state index in [1.165, 1.54) is 0 Å². The lowest BCUT2D eigenvalue weighted by molar-refractivity contribution is 0.759. The van der Waals surface area contributed by atoms with Crippen LogP contribution >= 0.6 is 11.8 Å². The van der Waals surface area contributed by atoms with Crippen LogP contribution in [0.2, 0.25) is 0 Å².